The monoisotopic (exact) mass is 490 g/mol. The zero-order chi connectivity index (χ0) is 24.8. The lowest BCUT2D eigenvalue weighted by Crippen LogP contribution is -2.32. The summed E-state index contributed by atoms with van der Waals surface area (Å²) in [6.07, 6.45) is 0. The molecule has 0 fully saturated rings. The van der Waals surface area contributed by atoms with Crippen LogP contribution in [-0.2, 0) is 16.1 Å². The fraction of sp³-hybridized carbons (Fsp3) is 0.154. The van der Waals surface area contributed by atoms with Gasteiger partial charge in [0.15, 0.2) is 12.3 Å². The Hall–Kier alpha value is -4.17. The summed E-state index contributed by atoms with van der Waals surface area (Å²) in [7, 11) is 0. The van der Waals surface area contributed by atoms with E-state index < -0.39 is 11.8 Å². The Balaban J connectivity index is 1.43. The highest BCUT2D eigenvalue weighted by Crippen LogP contribution is 2.39. The van der Waals surface area contributed by atoms with Gasteiger partial charge in [0, 0.05) is 10.4 Å². The normalized spacial score (nSPS) is 11.1. The highest BCUT2D eigenvalue weighted by Gasteiger charge is 2.18. The predicted octanol–water partition coefficient (Wildman–Crippen LogP) is 5.16. The van der Waals surface area contributed by atoms with Crippen LogP contribution < -0.4 is 10.1 Å². The number of amides is 2. The van der Waals surface area contributed by atoms with Crippen molar-refractivity contribution in [2.24, 2.45) is 10.2 Å². The van der Waals surface area contributed by atoms with Crippen LogP contribution in [0.2, 0.25) is 5.02 Å². The zero-order valence-corrected chi connectivity index (χ0v) is 19.7. The molecule has 1 aromatic heterocycles. The van der Waals surface area contributed by atoms with Crippen LogP contribution >= 0.6 is 11.6 Å². The fourth-order valence-electron chi connectivity index (χ4n) is 3.56. The number of benzene rings is 3. The third-order valence-corrected chi connectivity index (χ3v) is 5.72. The number of halogens is 1. The van der Waals surface area contributed by atoms with E-state index in [9.17, 15) is 14.7 Å². The van der Waals surface area contributed by atoms with Crippen LogP contribution in [0.5, 0.6) is 11.6 Å². The molecular weight excluding hydrogens is 468 g/mol. The van der Waals surface area contributed by atoms with Crippen molar-refractivity contribution in [1.82, 2.24) is 9.88 Å². The molecule has 0 spiro atoms. The maximum Gasteiger partial charge on any atom is 0.283 e. The molecule has 0 aliphatic carbocycles. The molecule has 4 rings (SSSR count). The minimum absolute atomic E-state index is 0.140. The molecule has 1 heterocycles. The number of fused-ring (bicyclic) bond motifs is 1. The molecule has 2 amide bonds. The third-order valence-electron chi connectivity index (χ3n) is 5.35. The average molecular weight is 491 g/mol. The minimum atomic E-state index is -0.670. The summed E-state index contributed by atoms with van der Waals surface area (Å²) in [5.41, 5.74) is 2.60. The molecule has 0 unspecified atom stereocenters. The second-order valence-electron chi connectivity index (χ2n) is 7.79. The van der Waals surface area contributed by atoms with E-state index in [1.807, 2.05) is 55.5 Å². The van der Waals surface area contributed by atoms with E-state index in [1.165, 1.54) is 0 Å². The highest BCUT2D eigenvalue weighted by molar-refractivity contribution is 6.31. The summed E-state index contributed by atoms with van der Waals surface area (Å²) < 4.78 is 7.11. The van der Waals surface area contributed by atoms with Crippen molar-refractivity contribution in [3.05, 3.63) is 88.9 Å². The topological polar surface area (TPSA) is 105 Å². The van der Waals surface area contributed by atoms with Gasteiger partial charge in [-0.2, -0.15) is 0 Å². The molecule has 0 bridgehead atoms. The Kier molecular flexibility index (Phi) is 7.42. The number of aromatic nitrogens is 1. The predicted molar refractivity (Wildman–Crippen MR) is 133 cm³/mol. The molecular formula is C26H23ClN4O4. The van der Waals surface area contributed by atoms with Crippen LogP contribution in [0, 0.1) is 6.92 Å². The van der Waals surface area contributed by atoms with Crippen molar-refractivity contribution >= 4 is 40.0 Å². The third kappa shape index (κ3) is 5.67. The van der Waals surface area contributed by atoms with Crippen molar-refractivity contribution in [3.63, 3.8) is 0 Å². The van der Waals surface area contributed by atoms with Gasteiger partial charge >= 0.3 is 0 Å². The minimum Gasteiger partial charge on any atom is -0.493 e. The molecule has 0 saturated heterocycles. The summed E-state index contributed by atoms with van der Waals surface area (Å²) in [5, 5.41) is 22.2. The second kappa shape index (κ2) is 10.8. The maximum atomic E-state index is 12.2. The number of carbonyl (C=O) groups excluding carboxylic acids is 2. The van der Waals surface area contributed by atoms with Gasteiger partial charge < -0.3 is 19.7 Å². The van der Waals surface area contributed by atoms with Crippen LogP contribution in [-0.4, -0.2) is 34.6 Å². The van der Waals surface area contributed by atoms with Crippen molar-refractivity contribution in [2.45, 2.75) is 13.5 Å². The quantitative estimate of drug-likeness (QED) is 0.333. The molecule has 3 aromatic carbocycles. The van der Waals surface area contributed by atoms with E-state index in [2.05, 4.69) is 15.5 Å². The highest BCUT2D eigenvalue weighted by atomic mass is 35.5. The van der Waals surface area contributed by atoms with Crippen molar-refractivity contribution in [2.75, 3.05) is 13.2 Å². The van der Waals surface area contributed by atoms with Gasteiger partial charge in [0.25, 0.3) is 11.8 Å². The van der Waals surface area contributed by atoms with Gasteiger partial charge in [0.2, 0.25) is 5.88 Å². The molecule has 35 heavy (non-hydrogen) atoms. The number of hydrogen-bond acceptors (Lipinski definition) is 5. The van der Waals surface area contributed by atoms with Crippen LogP contribution in [0.4, 0.5) is 5.69 Å². The van der Waals surface area contributed by atoms with Gasteiger partial charge in [-0.1, -0.05) is 66.2 Å². The number of carbonyl (C=O) groups is 2. The molecule has 4 aromatic rings. The number of aromatic hydroxyl groups is 1. The van der Waals surface area contributed by atoms with E-state index in [0.717, 1.165) is 11.1 Å². The number of rotatable bonds is 8. The number of hydrogen-bond donors (Lipinski definition) is 2. The Morgan fingerprint density at radius 3 is 2.54 bits per heavy atom. The van der Waals surface area contributed by atoms with Crippen molar-refractivity contribution in [1.29, 1.82) is 0 Å². The van der Waals surface area contributed by atoms with Crippen LogP contribution in [0.25, 0.3) is 10.9 Å². The smallest absolute Gasteiger partial charge is 0.283 e. The first-order valence-corrected chi connectivity index (χ1v) is 11.2. The van der Waals surface area contributed by atoms with Gasteiger partial charge in [-0.15, -0.1) is 10.2 Å². The lowest BCUT2D eigenvalue weighted by molar-refractivity contribution is -0.126. The first-order chi connectivity index (χ1) is 16.9. The molecule has 2 N–H and O–H groups in total. The summed E-state index contributed by atoms with van der Waals surface area (Å²) in [6.45, 7) is 1.61. The summed E-state index contributed by atoms with van der Waals surface area (Å²) in [4.78, 5) is 24.2. The van der Waals surface area contributed by atoms with Gasteiger partial charge in [0.1, 0.15) is 12.3 Å². The number of para-hydroxylation sites is 2. The molecule has 0 atom stereocenters. The lowest BCUT2D eigenvalue weighted by atomic mass is 10.2. The maximum absolute atomic E-state index is 12.2. The van der Waals surface area contributed by atoms with E-state index >= 15 is 0 Å². The first kappa shape index (κ1) is 24.0. The second-order valence-corrected chi connectivity index (χ2v) is 8.20. The SMILES string of the molecule is Cc1ccccc1OCC(=O)NCC(=O)N=Nc1c(O)n(Cc2ccccc2Cl)c2ccccc12. The average Bonchev–Trinajstić information content (AvgIpc) is 3.12. The number of aryl methyl sites for hydroxylation is 1. The summed E-state index contributed by atoms with van der Waals surface area (Å²) in [5.74, 6) is -0.678. The van der Waals surface area contributed by atoms with Crippen molar-refractivity contribution in [3.8, 4) is 11.6 Å². The van der Waals surface area contributed by atoms with Crippen LogP contribution in [0.15, 0.2) is 83.0 Å². The van der Waals surface area contributed by atoms with Gasteiger partial charge in [-0.05, 0) is 36.2 Å². The number of nitrogens with one attached hydrogen (secondary N) is 1. The van der Waals surface area contributed by atoms with E-state index in [1.54, 1.807) is 28.8 Å². The number of ether oxygens (including phenoxy) is 1. The standard InChI is InChI=1S/C26H23ClN4O4/c1-17-8-2-7-13-22(17)35-16-24(33)28-14-23(32)29-30-25-19-10-4-6-12-21(19)31(26(25)34)15-18-9-3-5-11-20(18)27/h2-13,34H,14-16H2,1H3,(H,28,33). The molecule has 0 radical (unpaired) electrons. The molecule has 9 heteroatoms. The summed E-state index contributed by atoms with van der Waals surface area (Å²) >= 11 is 6.29. The van der Waals surface area contributed by atoms with E-state index in [4.69, 9.17) is 16.3 Å². The Bertz CT molecular complexity index is 1410. The summed E-state index contributed by atoms with van der Waals surface area (Å²) in [6, 6.07) is 21.9. The molecule has 0 aliphatic heterocycles. The van der Waals surface area contributed by atoms with Gasteiger partial charge in [-0.25, -0.2) is 0 Å². The van der Waals surface area contributed by atoms with Gasteiger partial charge in [-0.3, -0.25) is 9.59 Å². The van der Waals surface area contributed by atoms with E-state index in [0.29, 0.717) is 28.2 Å². The zero-order valence-electron chi connectivity index (χ0n) is 18.9. The van der Waals surface area contributed by atoms with E-state index in [-0.39, 0.29) is 24.7 Å². The molecule has 178 valence electrons. The number of nitrogens with zero attached hydrogens (tertiary/aromatic N) is 3. The molecule has 8 nitrogen and oxygen atoms in total. The Morgan fingerprint density at radius 2 is 1.74 bits per heavy atom. The Morgan fingerprint density at radius 1 is 1.03 bits per heavy atom. The largest absolute Gasteiger partial charge is 0.493 e. The van der Waals surface area contributed by atoms with Crippen molar-refractivity contribution < 1.29 is 19.4 Å². The first-order valence-electron chi connectivity index (χ1n) is 10.9. The van der Waals surface area contributed by atoms with Crippen LogP contribution in [0.3, 0.4) is 0 Å². The molecule has 0 aliphatic rings. The van der Waals surface area contributed by atoms with Crippen LogP contribution in [0.1, 0.15) is 11.1 Å². The molecule has 0 saturated carbocycles. The Labute approximate surface area is 206 Å². The fourth-order valence-corrected chi connectivity index (χ4v) is 3.75. The number of azo groups is 1. The van der Waals surface area contributed by atoms with Gasteiger partial charge in [0.05, 0.1) is 12.1 Å². The lowest BCUT2D eigenvalue weighted by Gasteiger charge is -2.08.